The van der Waals surface area contributed by atoms with Crippen molar-refractivity contribution in [1.82, 2.24) is 15.2 Å². The first kappa shape index (κ1) is 8.03. The van der Waals surface area contributed by atoms with E-state index in [0.717, 1.165) is 10.9 Å². The Morgan fingerprint density at radius 1 is 1.58 bits per heavy atom. The molecule has 0 radical (unpaired) electrons. The number of nitrogens with zero attached hydrogens (tertiary/aromatic N) is 2. The van der Waals surface area contributed by atoms with Gasteiger partial charge in [0.25, 0.3) is 0 Å². The Bertz CT molecular complexity index is 223. The van der Waals surface area contributed by atoms with Gasteiger partial charge in [-0.05, 0) is 0 Å². The third kappa shape index (κ3) is 1.96. The van der Waals surface area contributed by atoms with E-state index in [1.54, 1.807) is 11.8 Å². The largest absolute Gasteiger partial charge is 0.349 e. The van der Waals surface area contributed by atoms with Gasteiger partial charge in [0, 0.05) is 0 Å². The average Bonchev–Trinajstić information content (AvgIpc) is 2.74. The summed E-state index contributed by atoms with van der Waals surface area (Å²) in [4.78, 5) is 3.96. The van der Waals surface area contributed by atoms with Gasteiger partial charge in [0.15, 0.2) is 11.4 Å². The summed E-state index contributed by atoms with van der Waals surface area (Å²) in [6, 6.07) is 0. The molecule has 2 heterocycles. The van der Waals surface area contributed by atoms with Crippen molar-refractivity contribution in [2.24, 2.45) is 0 Å². The Labute approximate surface area is 73.9 Å². The maximum atomic E-state index is 5.25. The quantitative estimate of drug-likeness (QED) is 0.688. The number of rotatable bonds is 3. The zero-order valence-electron chi connectivity index (χ0n) is 6.40. The average molecular weight is 187 g/mol. The van der Waals surface area contributed by atoms with Crippen molar-refractivity contribution in [2.75, 3.05) is 19.0 Å². The Morgan fingerprint density at radius 2 is 2.42 bits per heavy atom. The van der Waals surface area contributed by atoms with E-state index in [2.05, 4.69) is 15.2 Å². The van der Waals surface area contributed by atoms with Crippen LogP contribution >= 0.6 is 11.8 Å². The lowest BCUT2D eigenvalue weighted by Gasteiger charge is -2.05. The van der Waals surface area contributed by atoms with Crippen molar-refractivity contribution in [1.29, 1.82) is 0 Å². The monoisotopic (exact) mass is 187 g/mol. The molecule has 0 bridgehead atoms. The summed E-state index contributed by atoms with van der Waals surface area (Å²) in [5, 5.41) is 7.28. The first-order valence-electron chi connectivity index (χ1n) is 3.66. The van der Waals surface area contributed by atoms with Crippen LogP contribution in [0.25, 0.3) is 0 Å². The number of aromatic nitrogens is 3. The topological polar surface area (TPSA) is 60.0 Å². The van der Waals surface area contributed by atoms with Crippen molar-refractivity contribution >= 4 is 11.8 Å². The first-order valence-corrected chi connectivity index (χ1v) is 4.65. The molecule has 66 valence electrons. The molecule has 12 heavy (non-hydrogen) atoms. The van der Waals surface area contributed by atoms with Crippen molar-refractivity contribution in [2.45, 2.75) is 11.4 Å². The second-order valence-corrected chi connectivity index (χ2v) is 3.28. The van der Waals surface area contributed by atoms with E-state index >= 15 is 0 Å². The fraction of sp³-hybridized carbons (Fsp3) is 0.667. The van der Waals surface area contributed by atoms with Crippen LogP contribution in [-0.2, 0) is 9.47 Å². The molecule has 1 aliphatic heterocycles. The number of ether oxygens (including phenoxy) is 2. The summed E-state index contributed by atoms with van der Waals surface area (Å²) in [6.07, 6.45) is 1.40. The molecule has 0 spiro atoms. The number of aromatic amines is 1. The molecule has 1 aromatic rings. The van der Waals surface area contributed by atoms with Crippen LogP contribution in [0, 0.1) is 0 Å². The van der Waals surface area contributed by atoms with Crippen LogP contribution in [0.3, 0.4) is 0 Å². The normalized spacial score (nSPS) is 18.7. The van der Waals surface area contributed by atoms with Gasteiger partial charge in [0.1, 0.15) is 6.33 Å². The number of hydrogen-bond donors (Lipinski definition) is 1. The Hall–Kier alpha value is -0.590. The lowest BCUT2D eigenvalue weighted by molar-refractivity contribution is -0.0215. The van der Waals surface area contributed by atoms with Gasteiger partial charge < -0.3 is 9.47 Å². The summed E-state index contributed by atoms with van der Waals surface area (Å²) >= 11 is 1.55. The van der Waals surface area contributed by atoms with Gasteiger partial charge >= 0.3 is 0 Å². The molecule has 5 nitrogen and oxygen atoms in total. The Balaban J connectivity index is 1.74. The van der Waals surface area contributed by atoms with Gasteiger partial charge in [0.05, 0.1) is 19.0 Å². The predicted molar refractivity (Wildman–Crippen MR) is 42.8 cm³/mol. The molecular weight excluding hydrogens is 178 g/mol. The van der Waals surface area contributed by atoms with E-state index in [9.17, 15) is 0 Å². The third-order valence-electron chi connectivity index (χ3n) is 1.44. The van der Waals surface area contributed by atoms with Crippen LogP contribution in [0.15, 0.2) is 11.5 Å². The van der Waals surface area contributed by atoms with E-state index in [-0.39, 0.29) is 6.29 Å². The molecule has 0 saturated carbocycles. The minimum absolute atomic E-state index is 0.0832. The minimum Gasteiger partial charge on any atom is -0.349 e. The Morgan fingerprint density at radius 3 is 3.08 bits per heavy atom. The van der Waals surface area contributed by atoms with Crippen molar-refractivity contribution in [3.63, 3.8) is 0 Å². The molecule has 1 N–H and O–H groups in total. The van der Waals surface area contributed by atoms with E-state index in [1.807, 2.05) is 0 Å². The van der Waals surface area contributed by atoms with Crippen LogP contribution in [0.2, 0.25) is 0 Å². The predicted octanol–water partition coefficient (Wildman–Crippen LogP) is 0.270. The van der Waals surface area contributed by atoms with E-state index in [4.69, 9.17) is 9.47 Å². The molecule has 1 aromatic heterocycles. The summed E-state index contributed by atoms with van der Waals surface area (Å²) in [6.45, 7) is 1.39. The van der Waals surface area contributed by atoms with Crippen LogP contribution in [-0.4, -0.2) is 40.4 Å². The second kappa shape index (κ2) is 3.88. The van der Waals surface area contributed by atoms with E-state index in [1.165, 1.54) is 6.33 Å². The van der Waals surface area contributed by atoms with Crippen LogP contribution in [0.1, 0.15) is 0 Å². The SMILES string of the molecule is c1n[nH]c(SCC2OCCO2)n1. The van der Waals surface area contributed by atoms with Gasteiger partial charge in [-0.15, -0.1) is 0 Å². The maximum absolute atomic E-state index is 5.25. The first-order chi connectivity index (χ1) is 5.95. The minimum atomic E-state index is -0.0832. The van der Waals surface area contributed by atoms with E-state index < -0.39 is 0 Å². The maximum Gasteiger partial charge on any atom is 0.183 e. The second-order valence-electron chi connectivity index (χ2n) is 2.27. The molecule has 1 fully saturated rings. The van der Waals surface area contributed by atoms with E-state index in [0.29, 0.717) is 13.2 Å². The zero-order valence-corrected chi connectivity index (χ0v) is 7.21. The highest BCUT2D eigenvalue weighted by molar-refractivity contribution is 7.99. The molecule has 0 aromatic carbocycles. The molecule has 1 saturated heterocycles. The van der Waals surface area contributed by atoms with Crippen molar-refractivity contribution in [3.05, 3.63) is 6.33 Å². The van der Waals surface area contributed by atoms with Gasteiger partial charge in [-0.25, -0.2) is 4.98 Å². The summed E-state index contributed by atoms with van der Waals surface area (Å²) in [5.74, 6) is 0.759. The molecule has 0 amide bonds. The zero-order chi connectivity index (χ0) is 8.23. The summed E-state index contributed by atoms with van der Waals surface area (Å²) in [5.41, 5.74) is 0. The van der Waals surface area contributed by atoms with Gasteiger partial charge in [-0.2, -0.15) is 5.10 Å². The van der Waals surface area contributed by atoms with Crippen LogP contribution in [0.5, 0.6) is 0 Å². The van der Waals surface area contributed by atoms with Gasteiger partial charge in [-0.1, -0.05) is 11.8 Å². The fourth-order valence-corrected chi connectivity index (χ4v) is 1.64. The molecule has 6 heteroatoms. The fourth-order valence-electron chi connectivity index (χ4n) is 0.914. The highest BCUT2D eigenvalue weighted by atomic mass is 32.2. The molecular formula is C6H9N3O2S. The molecule has 0 unspecified atom stereocenters. The lowest BCUT2D eigenvalue weighted by Crippen LogP contribution is -2.10. The van der Waals surface area contributed by atoms with Gasteiger partial charge in [0.2, 0.25) is 0 Å². The number of thioether (sulfide) groups is 1. The number of nitrogens with one attached hydrogen (secondary N) is 1. The smallest absolute Gasteiger partial charge is 0.183 e. The number of H-pyrrole nitrogens is 1. The number of hydrogen-bond acceptors (Lipinski definition) is 5. The van der Waals surface area contributed by atoms with Crippen molar-refractivity contribution in [3.8, 4) is 0 Å². The molecule has 0 aliphatic carbocycles. The Kier molecular flexibility index (Phi) is 2.60. The van der Waals surface area contributed by atoms with Gasteiger partial charge in [-0.3, -0.25) is 5.10 Å². The summed E-state index contributed by atoms with van der Waals surface area (Å²) in [7, 11) is 0. The summed E-state index contributed by atoms with van der Waals surface area (Å²) < 4.78 is 10.5. The highest BCUT2D eigenvalue weighted by Crippen LogP contribution is 2.16. The highest BCUT2D eigenvalue weighted by Gasteiger charge is 2.16. The van der Waals surface area contributed by atoms with Crippen LogP contribution in [0.4, 0.5) is 0 Å². The van der Waals surface area contributed by atoms with Crippen molar-refractivity contribution < 1.29 is 9.47 Å². The van der Waals surface area contributed by atoms with Crippen LogP contribution < -0.4 is 0 Å². The lowest BCUT2D eigenvalue weighted by atomic mass is 10.8. The third-order valence-corrected chi connectivity index (χ3v) is 2.35. The molecule has 2 rings (SSSR count). The standard InChI is InChI=1S/C6H9N3O2S/c1-2-11-5(10-1)3-12-6-7-4-8-9-6/h4-5H,1-3H2,(H,7,8,9). The molecule has 1 aliphatic rings. The molecule has 0 atom stereocenters.